The van der Waals surface area contributed by atoms with Gasteiger partial charge in [-0.2, -0.15) is 4.98 Å². The first-order chi connectivity index (χ1) is 17.2. The number of aromatic nitrogens is 4. The molecule has 0 bridgehead atoms. The predicted molar refractivity (Wildman–Crippen MR) is 142 cm³/mol. The molecule has 0 atom stereocenters. The van der Waals surface area contributed by atoms with E-state index in [0.29, 0.717) is 12.5 Å². The monoisotopic (exact) mass is 482 g/mol. The van der Waals surface area contributed by atoms with Gasteiger partial charge in [0, 0.05) is 49.5 Å². The van der Waals surface area contributed by atoms with E-state index in [2.05, 4.69) is 58.5 Å². The fraction of sp³-hybridized carbons (Fsp3) is 0.259. The van der Waals surface area contributed by atoms with E-state index in [0.717, 1.165) is 80.5 Å². The number of piperazine rings is 1. The van der Waals surface area contributed by atoms with Crippen LogP contribution in [0.25, 0.3) is 42.8 Å². The average molecular weight is 483 g/mol. The Morgan fingerprint density at radius 3 is 2.54 bits per heavy atom. The Kier molecular flexibility index (Phi) is 5.75. The smallest absolute Gasteiger partial charge is 0.236 e. The summed E-state index contributed by atoms with van der Waals surface area (Å²) in [7, 11) is 0. The Labute approximate surface area is 207 Å². The van der Waals surface area contributed by atoms with E-state index in [1.54, 1.807) is 17.5 Å². The molecule has 176 valence electrons. The number of nitrogens with zero attached hydrogens (tertiary/aromatic N) is 5. The number of pyridine rings is 2. The van der Waals surface area contributed by atoms with Gasteiger partial charge in [-0.05, 0) is 42.7 Å². The molecule has 1 aliphatic rings. The molecule has 0 spiro atoms. The third-order valence-electron chi connectivity index (χ3n) is 6.30. The quantitative estimate of drug-likeness (QED) is 0.374. The molecule has 7 nitrogen and oxygen atoms in total. The van der Waals surface area contributed by atoms with Crippen molar-refractivity contribution >= 4 is 37.7 Å². The Morgan fingerprint density at radius 1 is 1.00 bits per heavy atom. The highest BCUT2D eigenvalue weighted by molar-refractivity contribution is 7.25. The van der Waals surface area contributed by atoms with Crippen molar-refractivity contribution in [2.24, 2.45) is 0 Å². The van der Waals surface area contributed by atoms with Crippen molar-refractivity contribution in [1.82, 2.24) is 25.3 Å². The molecule has 0 aliphatic carbocycles. The van der Waals surface area contributed by atoms with Crippen LogP contribution in [0.1, 0.15) is 12.5 Å². The van der Waals surface area contributed by atoms with Crippen molar-refractivity contribution in [2.75, 3.05) is 37.7 Å². The number of thiophene rings is 1. The lowest BCUT2D eigenvalue weighted by atomic mass is 10.0. The number of benzene rings is 1. The molecular weight excluding hydrogens is 456 g/mol. The van der Waals surface area contributed by atoms with Gasteiger partial charge in [-0.15, -0.1) is 11.3 Å². The molecule has 5 heterocycles. The summed E-state index contributed by atoms with van der Waals surface area (Å²) in [6.07, 6.45) is 3.67. The lowest BCUT2D eigenvalue weighted by Crippen LogP contribution is -2.44. The maximum Gasteiger partial charge on any atom is 0.236 e. The number of hydrogen-bond donors (Lipinski definition) is 1. The van der Waals surface area contributed by atoms with Crippen LogP contribution in [0.2, 0.25) is 0 Å². The Bertz CT molecular complexity index is 1490. The number of anilines is 1. The van der Waals surface area contributed by atoms with E-state index in [1.165, 1.54) is 0 Å². The third kappa shape index (κ3) is 4.09. The fourth-order valence-corrected chi connectivity index (χ4v) is 5.67. The Balaban J connectivity index is 1.44. The zero-order valence-electron chi connectivity index (χ0n) is 19.8. The standard InChI is InChI=1S/C27H26N6OS/c1-3-34-25-24-23(31-27(32-25)33-13-11-28-12-14-33)22-17(2)15-21(30-26(22)35-24)19-8-6-18(7-9-19)20-5-4-10-29-16-20/h4-10,15-16,28H,3,11-14H2,1-2H3. The van der Waals surface area contributed by atoms with E-state index in [1.807, 2.05) is 19.2 Å². The second-order valence-electron chi connectivity index (χ2n) is 8.60. The van der Waals surface area contributed by atoms with Crippen LogP contribution in [0.4, 0.5) is 5.95 Å². The zero-order valence-corrected chi connectivity index (χ0v) is 20.6. The van der Waals surface area contributed by atoms with Crippen LogP contribution < -0.4 is 15.0 Å². The van der Waals surface area contributed by atoms with E-state index in [4.69, 9.17) is 19.7 Å². The Morgan fingerprint density at radius 2 is 1.80 bits per heavy atom. The molecule has 35 heavy (non-hydrogen) atoms. The topological polar surface area (TPSA) is 76.1 Å². The highest BCUT2D eigenvalue weighted by Crippen LogP contribution is 2.40. The van der Waals surface area contributed by atoms with Gasteiger partial charge in [-0.3, -0.25) is 4.98 Å². The average Bonchev–Trinajstić information content (AvgIpc) is 3.29. The SMILES string of the molecule is CCOc1nc(N2CCNCC2)nc2c1sc1nc(-c3ccc(-c4cccnc4)cc3)cc(C)c12. The number of fused-ring (bicyclic) bond motifs is 3. The second kappa shape index (κ2) is 9.20. The first-order valence-corrected chi connectivity index (χ1v) is 12.7. The minimum absolute atomic E-state index is 0.558. The molecule has 0 saturated carbocycles. The maximum atomic E-state index is 5.97. The van der Waals surface area contributed by atoms with Crippen LogP contribution in [0.3, 0.4) is 0 Å². The lowest BCUT2D eigenvalue weighted by molar-refractivity contribution is 0.331. The fourth-order valence-electron chi connectivity index (χ4n) is 4.54. The first-order valence-electron chi connectivity index (χ1n) is 11.9. The Hall–Kier alpha value is -3.62. The van der Waals surface area contributed by atoms with Gasteiger partial charge < -0.3 is 15.0 Å². The molecule has 1 saturated heterocycles. The number of rotatable bonds is 5. The van der Waals surface area contributed by atoms with Gasteiger partial charge in [0.25, 0.3) is 0 Å². The van der Waals surface area contributed by atoms with Gasteiger partial charge >= 0.3 is 0 Å². The van der Waals surface area contributed by atoms with Crippen LogP contribution >= 0.6 is 11.3 Å². The van der Waals surface area contributed by atoms with Crippen LogP contribution in [-0.4, -0.2) is 52.7 Å². The summed E-state index contributed by atoms with van der Waals surface area (Å²) in [6, 6.07) is 14.7. The van der Waals surface area contributed by atoms with E-state index < -0.39 is 0 Å². The minimum atomic E-state index is 0.558. The molecule has 8 heteroatoms. The molecule has 1 N–H and O–H groups in total. The molecule has 0 amide bonds. The zero-order chi connectivity index (χ0) is 23.8. The summed E-state index contributed by atoms with van der Waals surface area (Å²) in [6.45, 7) is 8.31. The highest BCUT2D eigenvalue weighted by atomic mass is 32.1. The van der Waals surface area contributed by atoms with Gasteiger partial charge in [0.15, 0.2) is 0 Å². The molecular formula is C27H26N6OS. The molecule has 0 unspecified atom stereocenters. The van der Waals surface area contributed by atoms with Crippen LogP contribution in [-0.2, 0) is 0 Å². The van der Waals surface area contributed by atoms with Crippen LogP contribution in [0, 0.1) is 6.92 Å². The van der Waals surface area contributed by atoms with Crippen LogP contribution in [0.15, 0.2) is 54.9 Å². The van der Waals surface area contributed by atoms with Crippen molar-refractivity contribution in [2.45, 2.75) is 13.8 Å². The van der Waals surface area contributed by atoms with Gasteiger partial charge in [-0.1, -0.05) is 30.3 Å². The maximum absolute atomic E-state index is 5.97. The largest absolute Gasteiger partial charge is 0.477 e. The van der Waals surface area contributed by atoms with Gasteiger partial charge in [0.2, 0.25) is 11.8 Å². The van der Waals surface area contributed by atoms with E-state index in [-0.39, 0.29) is 0 Å². The molecule has 1 aliphatic heterocycles. The summed E-state index contributed by atoms with van der Waals surface area (Å²) in [4.78, 5) is 22.3. The first kappa shape index (κ1) is 21.9. The number of hydrogen-bond acceptors (Lipinski definition) is 8. The van der Waals surface area contributed by atoms with Crippen molar-refractivity contribution in [3.05, 3.63) is 60.4 Å². The van der Waals surface area contributed by atoms with Crippen molar-refractivity contribution in [3.8, 4) is 28.3 Å². The molecule has 1 aromatic carbocycles. The summed E-state index contributed by atoms with van der Waals surface area (Å²) < 4.78 is 6.93. The third-order valence-corrected chi connectivity index (χ3v) is 7.36. The van der Waals surface area contributed by atoms with Crippen molar-refractivity contribution in [3.63, 3.8) is 0 Å². The number of ether oxygens (including phenoxy) is 1. The summed E-state index contributed by atoms with van der Waals surface area (Å²) in [5.74, 6) is 1.38. The number of aryl methyl sites for hydroxylation is 1. The second-order valence-corrected chi connectivity index (χ2v) is 9.60. The predicted octanol–water partition coefficient (Wildman–Crippen LogP) is 5.09. The van der Waals surface area contributed by atoms with E-state index >= 15 is 0 Å². The summed E-state index contributed by atoms with van der Waals surface area (Å²) in [5, 5.41) is 4.47. The molecule has 4 aromatic heterocycles. The normalized spacial score (nSPS) is 14.1. The minimum Gasteiger partial charge on any atom is -0.477 e. The van der Waals surface area contributed by atoms with E-state index in [9.17, 15) is 0 Å². The summed E-state index contributed by atoms with van der Waals surface area (Å²) in [5.41, 5.74) is 6.36. The molecule has 6 rings (SSSR count). The molecule has 5 aromatic rings. The van der Waals surface area contributed by atoms with Crippen molar-refractivity contribution in [1.29, 1.82) is 0 Å². The van der Waals surface area contributed by atoms with Crippen molar-refractivity contribution < 1.29 is 4.74 Å². The van der Waals surface area contributed by atoms with Gasteiger partial charge in [0.05, 0.1) is 12.3 Å². The van der Waals surface area contributed by atoms with Crippen LogP contribution in [0.5, 0.6) is 5.88 Å². The summed E-state index contributed by atoms with van der Waals surface area (Å²) >= 11 is 1.61. The van der Waals surface area contributed by atoms with Gasteiger partial charge in [-0.25, -0.2) is 9.97 Å². The number of nitrogens with one attached hydrogen (secondary N) is 1. The molecule has 0 radical (unpaired) electrons. The lowest BCUT2D eigenvalue weighted by Gasteiger charge is -2.27. The highest BCUT2D eigenvalue weighted by Gasteiger charge is 2.21. The molecule has 1 fully saturated rings. The van der Waals surface area contributed by atoms with Gasteiger partial charge in [0.1, 0.15) is 15.0 Å².